The van der Waals surface area contributed by atoms with Crippen molar-refractivity contribution >= 4 is 5.97 Å². The van der Waals surface area contributed by atoms with E-state index in [1.807, 2.05) is 42.5 Å². The van der Waals surface area contributed by atoms with Crippen LogP contribution in [0.5, 0.6) is 11.5 Å². The zero-order valence-corrected chi connectivity index (χ0v) is 22.0. The minimum Gasteiger partial charge on any atom is -1.00 e. The number of halogens is 1. The molecular formula is C30H28ClN3O5. The van der Waals surface area contributed by atoms with Gasteiger partial charge in [0.1, 0.15) is 24.6 Å². The molecule has 1 aromatic heterocycles. The average molecular weight is 546 g/mol. The van der Waals surface area contributed by atoms with Crippen LogP contribution in [0, 0.1) is 5.92 Å². The van der Waals surface area contributed by atoms with Crippen molar-refractivity contribution in [2.45, 2.75) is 31.1 Å². The summed E-state index contributed by atoms with van der Waals surface area (Å²) in [6.07, 6.45) is 1.57. The highest BCUT2D eigenvalue weighted by atomic mass is 35.5. The molecule has 39 heavy (non-hydrogen) atoms. The highest BCUT2D eigenvalue weighted by molar-refractivity contribution is 5.88. The van der Waals surface area contributed by atoms with E-state index in [0.717, 1.165) is 36.0 Å². The fraction of sp³-hybridized carbons (Fsp3) is 0.300. The quantitative estimate of drug-likeness (QED) is 0.299. The molecular weight excluding hydrogens is 518 g/mol. The van der Waals surface area contributed by atoms with Gasteiger partial charge in [-0.25, -0.2) is 4.79 Å². The van der Waals surface area contributed by atoms with Crippen molar-refractivity contribution < 1.29 is 40.8 Å². The fourth-order valence-electron chi connectivity index (χ4n) is 6.31. The molecule has 4 aliphatic rings. The van der Waals surface area contributed by atoms with Gasteiger partial charge in [-0.3, -0.25) is 0 Å². The number of aromatic nitrogens is 2. The Kier molecular flexibility index (Phi) is 6.41. The third-order valence-electron chi connectivity index (χ3n) is 8.33. The predicted molar refractivity (Wildman–Crippen MR) is 137 cm³/mol. The maximum atomic E-state index is 13.8. The van der Waals surface area contributed by atoms with E-state index in [0.29, 0.717) is 47.4 Å². The molecule has 4 aromatic rings. The van der Waals surface area contributed by atoms with Crippen LogP contribution in [0.2, 0.25) is 0 Å². The molecule has 2 bridgehead atoms. The number of hydrogen-bond donors (Lipinski definition) is 1. The van der Waals surface area contributed by atoms with Crippen molar-refractivity contribution in [2.75, 3.05) is 19.6 Å². The summed E-state index contributed by atoms with van der Waals surface area (Å²) >= 11 is 0. The Hall–Kier alpha value is -3.72. The molecule has 5 heterocycles. The standard InChI is InChI=1S/C30H28N3O5.ClH/c34-29(30(35)22-10-4-6-12-24(22)36-25-13-7-5-11-23(25)30)37-26-18-33(16-14-20(26)15-17-33)19-27-31-28(38-32-27)21-8-2-1-3-9-21;/h1-13,20,26,35H,14-19H2;1H/q+1;/p-1. The Morgan fingerprint density at radius 2 is 1.56 bits per heavy atom. The van der Waals surface area contributed by atoms with Crippen molar-refractivity contribution in [2.24, 2.45) is 5.92 Å². The molecule has 9 heteroatoms. The van der Waals surface area contributed by atoms with E-state index in [9.17, 15) is 9.90 Å². The molecule has 1 unspecified atom stereocenters. The number of rotatable bonds is 5. The van der Waals surface area contributed by atoms with Gasteiger partial charge in [0, 0.05) is 35.4 Å². The Labute approximate surface area is 232 Å². The van der Waals surface area contributed by atoms with Crippen LogP contribution in [0.25, 0.3) is 11.5 Å². The number of ether oxygens (including phenoxy) is 2. The molecule has 200 valence electrons. The Bertz CT molecular complexity index is 1450. The normalized spacial score (nSPS) is 24.0. The number of benzene rings is 3. The smallest absolute Gasteiger partial charge is 0.348 e. The predicted octanol–water partition coefficient (Wildman–Crippen LogP) is 1.43. The average Bonchev–Trinajstić information content (AvgIpc) is 3.42. The van der Waals surface area contributed by atoms with Crippen LogP contribution in [0.15, 0.2) is 83.4 Å². The number of nitrogens with zero attached hydrogens (tertiary/aromatic N) is 3. The lowest BCUT2D eigenvalue weighted by atomic mass is 9.81. The first-order valence-electron chi connectivity index (χ1n) is 13.1. The highest BCUT2D eigenvalue weighted by Crippen LogP contribution is 2.48. The molecule has 4 aliphatic heterocycles. The van der Waals surface area contributed by atoms with Gasteiger partial charge in [0.15, 0.2) is 6.10 Å². The lowest BCUT2D eigenvalue weighted by Crippen LogP contribution is -3.00. The van der Waals surface area contributed by atoms with E-state index in [1.54, 1.807) is 36.4 Å². The molecule has 0 amide bonds. The van der Waals surface area contributed by atoms with Crippen LogP contribution in [0.1, 0.15) is 29.8 Å². The summed E-state index contributed by atoms with van der Waals surface area (Å²) in [7, 11) is 0. The Balaban J connectivity index is 0.00000277. The van der Waals surface area contributed by atoms with Crippen LogP contribution in [0.3, 0.4) is 0 Å². The van der Waals surface area contributed by atoms with Crippen LogP contribution in [-0.2, 0) is 21.7 Å². The number of esters is 1. The lowest BCUT2D eigenvalue weighted by molar-refractivity contribution is -0.958. The number of aliphatic hydroxyl groups is 1. The zero-order valence-electron chi connectivity index (χ0n) is 21.2. The monoisotopic (exact) mass is 545 g/mol. The molecule has 8 nitrogen and oxygen atoms in total. The van der Waals surface area contributed by atoms with Gasteiger partial charge in [-0.2, -0.15) is 4.98 Å². The summed E-state index contributed by atoms with van der Waals surface area (Å²) in [4.78, 5) is 18.5. The molecule has 3 fully saturated rings. The fourth-order valence-corrected chi connectivity index (χ4v) is 6.31. The van der Waals surface area contributed by atoms with Crippen molar-refractivity contribution in [1.29, 1.82) is 0 Å². The minimum absolute atomic E-state index is 0. The zero-order chi connectivity index (χ0) is 25.7. The van der Waals surface area contributed by atoms with Gasteiger partial charge in [-0.15, -0.1) is 0 Å². The van der Waals surface area contributed by atoms with E-state index < -0.39 is 11.6 Å². The van der Waals surface area contributed by atoms with Crippen LogP contribution in [-0.4, -0.2) is 51.4 Å². The lowest BCUT2D eigenvalue weighted by Gasteiger charge is -2.51. The van der Waals surface area contributed by atoms with Crippen LogP contribution >= 0.6 is 0 Å². The third-order valence-corrected chi connectivity index (χ3v) is 8.33. The van der Waals surface area contributed by atoms with Gasteiger partial charge in [-0.1, -0.05) is 59.8 Å². The third kappa shape index (κ3) is 4.29. The van der Waals surface area contributed by atoms with E-state index in [1.165, 1.54) is 0 Å². The van der Waals surface area contributed by atoms with E-state index in [2.05, 4.69) is 10.1 Å². The summed E-state index contributed by atoms with van der Waals surface area (Å²) < 4.78 is 18.5. The van der Waals surface area contributed by atoms with Gasteiger partial charge >= 0.3 is 5.97 Å². The Morgan fingerprint density at radius 1 is 0.949 bits per heavy atom. The molecule has 1 atom stereocenters. The van der Waals surface area contributed by atoms with Crippen molar-refractivity contribution in [3.05, 3.63) is 95.8 Å². The second-order valence-electron chi connectivity index (χ2n) is 10.6. The van der Waals surface area contributed by atoms with Gasteiger partial charge in [-0.05, 0) is 24.3 Å². The number of piperidine rings is 3. The van der Waals surface area contributed by atoms with E-state index in [-0.39, 0.29) is 24.4 Å². The maximum Gasteiger partial charge on any atom is 0.348 e. The minimum atomic E-state index is -1.94. The number of carbonyl (C=O) groups excluding carboxylic acids is 1. The van der Waals surface area contributed by atoms with E-state index >= 15 is 0 Å². The molecule has 0 saturated carbocycles. The summed E-state index contributed by atoms with van der Waals surface area (Å²) in [5, 5.41) is 16.2. The molecule has 3 saturated heterocycles. The Morgan fingerprint density at radius 3 is 2.23 bits per heavy atom. The number of para-hydroxylation sites is 2. The maximum absolute atomic E-state index is 13.8. The van der Waals surface area contributed by atoms with Gasteiger partial charge < -0.3 is 36.0 Å². The first-order valence-corrected chi connectivity index (χ1v) is 13.1. The van der Waals surface area contributed by atoms with Crippen molar-refractivity contribution in [3.63, 3.8) is 0 Å². The summed E-state index contributed by atoms with van der Waals surface area (Å²) in [6, 6.07) is 23.9. The molecule has 0 aliphatic carbocycles. The summed E-state index contributed by atoms with van der Waals surface area (Å²) in [5.74, 6) is 1.67. The van der Waals surface area contributed by atoms with Crippen LogP contribution < -0.4 is 17.1 Å². The number of hydrogen-bond acceptors (Lipinski definition) is 7. The molecule has 0 radical (unpaired) electrons. The van der Waals surface area contributed by atoms with Gasteiger partial charge in [0.05, 0.1) is 13.1 Å². The molecule has 8 rings (SSSR count). The second-order valence-corrected chi connectivity index (χ2v) is 10.6. The molecule has 1 N–H and O–H groups in total. The van der Waals surface area contributed by atoms with Gasteiger partial charge in [0.25, 0.3) is 5.89 Å². The van der Waals surface area contributed by atoms with Crippen molar-refractivity contribution in [1.82, 2.24) is 10.1 Å². The van der Waals surface area contributed by atoms with E-state index in [4.69, 9.17) is 14.0 Å². The topological polar surface area (TPSA) is 94.7 Å². The SMILES string of the molecule is O=C(OC1C[N+]2(Cc3noc(-c4ccccc4)n3)CCC1CC2)C1(O)c2ccccc2Oc2ccccc21.[Cl-]. The molecule has 0 spiro atoms. The first-order chi connectivity index (χ1) is 18.5. The number of fused-ring (bicyclic) bond motifs is 5. The molecule has 3 aromatic carbocycles. The highest BCUT2D eigenvalue weighted by Gasteiger charge is 2.53. The second kappa shape index (κ2) is 9.79. The van der Waals surface area contributed by atoms with Gasteiger partial charge in [0.2, 0.25) is 11.4 Å². The van der Waals surface area contributed by atoms with Crippen molar-refractivity contribution in [3.8, 4) is 23.0 Å². The number of carbonyl (C=O) groups is 1. The van der Waals surface area contributed by atoms with Crippen LogP contribution in [0.4, 0.5) is 0 Å². The number of quaternary nitrogens is 1. The first kappa shape index (κ1) is 25.6. The summed E-state index contributed by atoms with van der Waals surface area (Å²) in [5.41, 5.74) is -0.260. The summed E-state index contributed by atoms with van der Waals surface area (Å²) in [6.45, 7) is 3.21. The largest absolute Gasteiger partial charge is 1.00 e.